The van der Waals surface area contributed by atoms with E-state index in [1.54, 1.807) is 12.4 Å². The predicted octanol–water partition coefficient (Wildman–Crippen LogP) is 6.65. The van der Waals surface area contributed by atoms with Gasteiger partial charge in [0.1, 0.15) is 0 Å². The van der Waals surface area contributed by atoms with Crippen LogP contribution in [0.25, 0.3) is 11.8 Å². The molecule has 0 aliphatic rings. The second-order valence-electron chi connectivity index (χ2n) is 7.10. The smallest absolute Gasteiger partial charge is 0.0649 e. The summed E-state index contributed by atoms with van der Waals surface area (Å²) in [5.41, 5.74) is 5.07. The predicted molar refractivity (Wildman–Crippen MR) is 120 cm³/mol. The Balaban J connectivity index is 2.03. The molecule has 0 fully saturated rings. The molecule has 0 saturated carbocycles. The van der Waals surface area contributed by atoms with Crippen molar-refractivity contribution in [3.05, 3.63) is 115 Å². The first kappa shape index (κ1) is 19.5. The minimum absolute atomic E-state index is 0.176. The minimum atomic E-state index is 0.176. The molecular weight excluding hydrogens is 340 g/mol. The Bertz CT molecular complexity index is 939. The lowest BCUT2D eigenvalue weighted by Crippen LogP contribution is -2.17. The van der Waals surface area contributed by atoms with E-state index in [0.29, 0.717) is 5.92 Å². The van der Waals surface area contributed by atoms with Crippen molar-refractivity contribution in [2.45, 2.75) is 19.8 Å². The van der Waals surface area contributed by atoms with Crippen LogP contribution < -0.4 is 0 Å². The van der Waals surface area contributed by atoms with Gasteiger partial charge in [0.05, 0.1) is 5.70 Å². The molecule has 0 aliphatic heterocycles. The Hall–Kier alpha value is -3.26. The molecule has 0 radical (unpaired) electrons. The summed E-state index contributed by atoms with van der Waals surface area (Å²) in [4.78, 5) is 9.15. The van der Waals surface area contributed by atoms with E-state index < -0.39 is 0 Å². The highest BCUT2D eigenvalue weighted by molar-refractivity contribution is 6.05. The van der Waals surface area contributed by atoms with E-state index in [-0.39, 0.29) is 5.92 Å². The lowest BCUT2D eigenvalue weighted by molar-refractivity contribution is 0.604. The van der Waals surface area contributed by atoms with Crippen LogP contribution in [0.4, 0.5) is 0 Å². The second-order valence-corrected chi connectivity index (χ2v) is 7.10. The van der Waals surface area contributed by atoms with Gasteiger partial charge in [-0.15, -0.1) is 0 Å². The molecule has 140 valence electrons. The SMILES string of the molecule is C=C(N=C(/C=C/c1ccccc1)C(c1ccccc1)C(C)C)c1cccnc1. The standard InChI is InChI=1S/C26H26N2/c1-20(2)26(23-13-8-5-9-14-23)25(17-16-22-11-6-4-7-12-22)28-21(3)24-15-10-18-27-19-24/h4-20,26H,3H2,1-2H3/b17-16+,28-25?. The number of allylic oxidation sites excluding steroid dienone is 1. The number of aromatic nitrogens is 1. The molecule has 28 heavy (non-hydrogen) atoms. The zero-order chi connectivity index (χ0) is 19.8. The minimum Gasteiger partial charge on any atom is -0.264 e. The number of pyridine rings is 1. The van der Waals surface area contributed by atoms with Crippen LogP contribution in [0.1, 0.15) is 36.5 Å². The molecule has 3 rings (SSSR count). The molecule has 3 aromatic rings. The molecule has 1 atom stereocenters. The summed E-state index contributed by atoms with van der Waals surface area (Å²) in [6.45, 7) is 8.66. The second kappa shape index (κ2) is 9.61. The third-order valence-corrected chi connectivity index (χ3v) is 4.65. The number of nitrogens with zero attached hydrogens (tertiary/aromatic N) is 2. The van der Waals surface area contributed by atoms with E-state index in [1.165, 1.54) is 5.56 Å². The van der Waals surface area contributed by atoms with Crippen molar-refractivity contribution in [1.29, 1.82) is 0 Å². The molecule has 1 unspecified atom stereocenters. The topological polar surface area (TPSA) is 25.2 Å². The molecule has 2 aromatic carbocycles. The Labute approximate surface area is 168 Å². The number of aliphatic imine (C=N–C) groups is 1. The van der Waals surface area contributed by atoms with E-state index in [0.717, 1.165) is 22.5 Å². The van der Waals surface area contributed by atoms with Crippen molar-refractivity contribution < 1.29 is 0 Å². The first-order chi connectivity index (χ1) is 13.6. The van der Waals surface area contributed by atoms with Crippen LogP contribution in [0.2, 0.25) is 0 Å². The normalized spacial score (nSPS) is 13.0. The Morgan fingerprint density at radius 2 is 1.61 bits per heavy atom. The highest BCUT2D eigenvalue weighted by Crippen LogP contribution is 2.29. The molecule has 0 saturated heterocycles. The van der Waals surface area contributed by atoms with Gasteiger partial charge in [-0.3, -0.25) is 9.98 Å². The zero-order valence-electron chi connectivity index (χ0n) is 16.5. The molecule has 2 nitrogen and oxygen atoms in total. The average molecular weight is 367 g/mol. The molecule has 1 aromatic heterocycles. The van der Waals surface area contributed by atoms with Crippen molar-refractivity contribution in [2.24, 2.45) is 10.9 Å². The maximum absolute atomic E-state index is 4.96. The van der Waals surface area contributed by atoms with Gasteiger partial charge in [-0.1, -0.05) is 87.2 Å². The number of rotatable bonds is 7. The first-order valence-corrected chi connectivity index (χ1v) is 9.61. The van der Waals surface area contributed by atoms with Crippen LogP contribution in [0.15, 0.2) is 103 Å². The number of benzene rings is 2. The summed E-state index contributed by atoms with van der Waals surface area (Å²) < 4.78 is 0. The van der Waals surface area contributed by atoms with E-state index in [4.69, 9.17) is 4.99 Å². The van der Waals surface area contributed by atoms with Gasteiger partial charge in [-0.2, -0.15) is 0 Å². The van der Waals surface area contributed by atoms with E-state index in [9.17, 15) is 0 Å². The fourth-order valence-corrected chi connectivity index (χ4v) is 3.27. The van der Waals surface area contributed by atoms with E-state index in [1.807, 2.05) is 36.4 Å². The quantitative estimate of drug-likeness (QED) is 0.430. The Morgan fingerprint density at radius 3 is 2.21 bits per heavy atom. The summed E-state index contributed by atoms with van der Waals surface area (Å²) in [5.74, 6) is 0.567. The Morgan fingerprint density at radius 1 is 0.929 bits per heavy atom. The molecule has 1 heterocycles. The molecule has 0 amide bonds. The fraction of sp³-hybridized carbons (Fsp3) is 0.154. The summed E-state index contributed by atoms with van der Waals surface area (Å²) in [5, 5.41) is 0. The van der Waals surface area contributed by atoms with Gasteiger partial charge in [-0.25, -0.2) is 0 Å². The lowest BCUT2D eigenvalue weighted by Gasteiger charge is -2.22. The number of hydrogen-bond acceptors (Lipinski definition) is 2. The fourth-order valence-electron chi connectivity index (χ4n) is 3.27. The monoisotopic (exact) mass is 366 g/mol. The van der Waals surface area contributed by atoms with Gasteiger partial charge in [0, 0.05) is 29.6 Å². The summed E-state index contributed by atoms with van der Waals surface area (Å²) in [7, 11) is 0. The molecule has 0 N–H and O–H groups in total. The summed E-state index contributed by atoms with van der Waals surface area (Å²) in [6, 6.07) is 24.8. The van der Waals surface area contributed by atoms with Crippen LogP contribution in [-0.4, -0.2) is 10.7 Å². The average Bonchev–Trinajstić information content (AvgIpc) is 2.74. The van der Waals surface area contributed by atoms with Crippen LogP contribution >= 0.6 is 0 Å². The number of hydrogen-bond donors (Lipinski definition) is 0. The molecule has 0 bridgehead atoms. The highest BCUT2D eigenvalue weighted by Gasteiger charge is 2.20. The first-order valence-electron chi connectivity index (χ1n) is 9.61. The van der Waals surface area contributed by atoms with Gasteiger partial charge in [-0.05, 0) is 35.3 Å². The van der Waals surface area contributed by atoms with Crippen molar-refractivity contribution >= 4 is 17.5 Å². The van der Waals surface area contributed by atoms with Crippen molar-refractivity contribution in [3.63, 3.8) is 0 Å². The van der Waals surface area contributed by atoms with Crippen LogP contribution in [0.3, 0.4) is 0 Å². The third-order valence-electron chi connectivity index (χ3n) is 4.65. The maximum atomic E-state index is 4.96. The largest absolute Gasteiger partial charge is 0.264 e. The van der Waals surface area contributed by atoms with Crippen LogP contribution in [-0.2, 0) is 0 Å². The third kappa shape index (κ3) is 5.14. The van der Waals surface area contributed by atoms with E-state index >= 15 is 0 Å². The van der Waals surface area contributed by atoms with E-state index in [2.05, 4.69) is 74.0 Å². The van der Waals surface area contributed by atoms with Gasteiger partial charge >= 0.3 is 0 Å². The molecule has 0 aliphatic carbocycles. The van der Waals surface area contributed by atoms with Crippen molar-refractivity contribution in [3.8, 4) is 0 Å². The summed E-state index contributed by atoms with van der Waals surface area (Å²) >= 11 is 0. The molecule has 2 heteroatoms. The van der Waals surface area contributed by atoms with Gasteiger partial charge < -0.3 is 0 Å². The van der Waals surface area contributed by atoms with Crippen molar-refractivity contribution in [1.82, 2.24) is 4.98 Å². The summed E-state index contributed by atoms with van der Waals surface area (Å²) in [6.07, 6.45) is 7.80. The zero-order valence-corrected chi connectivity index (χ0v) is 16.5. The van der Waals surface area contributed by atoms with Gasteiger partial charge in [0.15, 0.2) is 0 Å². The van der Waals surface area contributed by atoms with Crippen molar-refractivity contribution in [2.75, 3.05) is 0 Å². The Kier molecular flexibility index (Phi) is 6.69. The van der Waals surface area contributed by atoms with Crippen LogP contribution in [0.5, 0.6) is 0 Å². The molecular formula is C26H26N2. The van der Waals surface area contributed by atoms with Gasteiger partial charge in [0.25, 0.3) is 0 Å². The lowest BCUT2D eigenvalue weighted by atomic mass is 9.84. The molecule has 0 spiro atoms. The maximum Gasteiger partial charge on any atom is 0.0649 e. The van der Waals surface area contributed by atoms with Gasteiger partial charge in [0.2, 0.25) is 0 Å². The van der Waals surface area contributed by atoms with Crippen LogP contribution in [0, 0.1) is 5.92 Å². The highest BCUT2D eigenvalue weighted by atomic mass is 14.8.